The van der Waals surface area contributed by atoms with Gasteiger partial charge in [-0.1, -0.05) is 76.6 Å². The van der Waals surface area contributed by atoms with Crippen LogP contribution in [0, 0.1) is 5.92 Å². The van der Waals surface area contributed by atoms with Gasteiger partial charge < -0.3 is 4.90 Å². The summed E-state index contributed by atoms with van der Waals surface area (Å²) in [7, 11) is 0. The topological polar surface area (TPSA) is 79.7 Å². The first-order valence-electron chi connectivity index (χ1n) is 12.4. The number of piperidine rings is 1. The minimum atomic E-state index is -0.777. The van der Waals surface area contributed by atoms with Gasteiger partial charge in [0.2, 0.25) is 17.7 Å². The summed E-state index contributed by atoms with van der Waals surface area (Å²) in [6.07, 6.45) is 2.98. The summed E-state index contributed by atoms with van der Waals surface area (Å²) in [5.74, 6) is -2.25. The van der Waals surface area contributed by atoms with Gasteiger partial charge in [-0.2, -0.15) is 0 Å². The molecular weight excluding hydrogens is 565 g/mol. The summed E-state index contributed by atoms with van der Waals surface area (Å²) in [4.78, 5) is 57.4. The van der Waals surface area contributed by atoms with E-state index < -0.39 is 17.1 Å². The van der Waals surface area contributed by atoms with Crippen LogP contribution in [0.1, 0.15) is 35.6 Å². The maximum absolute atomic E-state index is 13.9. The fourth-order valence-electron chi connectivity index (χ4n) is 5.56. The summed E-state index contributed by atoms with van der Waals surface area (Å²) in [6, 6.07) is 14.0. The molecule has 0 bridgehead atoms. The van der Waals surface area contributed by atoms with E-state index in [1.54, 1.807) is 47.4 Å². The fourth-order valence-corrected chi connectivity index (χ4v) is 8.75. The molecule has 3 atom stereocenters. The van der Waals surface area contributed by atoms with E-state index in [1.165, 1.54) is 21.2 Å². The minimum Gasteiger partial charge on any atom is -0.341 e. The summed E-state index contributed by atoms with van der Waals surface area (Å²) in [5, 5.41) is 0.375. The molecule has 6 rings (SSSR count). The number of thioether (sulfide) groups is 1. The molecule has 0 saturated carbocycles. The second kappa shape index (κ2) is 10.2. The van der Waals surface area contributed by atoms with E-state index in [9.17, 15) is 19.2 Å². The van der Waals surface area contributed by atoms with Crippen LogP contribution in [-0.2, 0) is 20.9 Å². The van der Waals surface area contributed by atoms with Gasteiger partial charge in [-0.05, 0) is 43.0 Å². The summed E-state index contributed by atoms with van der Waals surface area (Å²) < 4.78 is 1.46. The van der Waals surface area contributed by atoms with E-state index in [0.717, 1.165) is 30.6 Å². The number of hydrogen-bond acceptors (Lipinski definition) is 6. The average Bonchev–Trinajstić information content (AvgIpc) is 3.37. The van der Waals surface area contributed by atoms with Crippen LogP contribution in [0.2, 0.25) is 10.0 Å². The van der Waals surface area contributed by atoms with Crippen molar-refractivity contribution in [1.29, 1.82) is 0 Å². The first kappa shape index (κ1) is 25.7. The van der Waals surface area contributed by atoms with Crippen LogP contribution in [-0.4, -0.2) is 45.5 Å². The van der Waals surface area contributed by atoms with Crippen LogP contribution in [0.15, 0.2) is 58.4 Å². The lowest BCUT2D eigenvalue weighted by molar-refractivity contribution is -0.133. The number of anilines is 1. The van der Waals surface area contributed by atoms with Crippen molar-refractivity contribution in [3.05, 3.63) is 78.7 Å². The Kier molecular flexibility index (Phi) is 6.88. The highest BCUT2D eigenvalue weighted by Crippen LogP contribution is 2.55. The molecule has 3 aromatic rings. The first-order valence-corrected chi connectivity index (χ1v) is 14.9. The second-order valence-electron chi connectivity index (χ2n) is 9.60. The van der Waals surface area contributed by atoms with E-state index in [1.807, 2.05) is 6.07 Å². The van der Waals surface area contributed by atoms with Gasteiger partial charge in [-0.3, -0.25) is 23.7 Å². The summed E-state index contributed by atoms with van der Waals surface area (Å²) >= 11 is 15.2. The highest BCUT2D eigenvalue weighted by Gasteiger charge is 2.57. The van der Waals surface area contributed by atoms with Crippen molar-refractivity contribution in [2.75, 3.05) is 18.0 Å². The Balaban J connectivity index is 1.47. The third kappa shape index (κ3) is 4.20. The number of carbonyl (C=O) groups is 3. The van der Waals surface area contributed by atoms with Gasteiger partial charge in [0.15, 0.2) is 0 Å². The summed E-state index contributed by atoms with van der Waals surface area (Å²) in [6.45, 7) is 1.25. The molecule has 0 spiro atoms. The third-order valence-electron chi connectivity index (χ3n) is 7.38. The van der Waals surface area contributed by atoms with E-state index >= 15 is 0 Å². The maximum atomic E-state index is 13.9. The number of halogens is 2. The number of fused-ring (bicyclic) bond motifs is 2. The quantitative estimate of drug-likeness (QED) is 0.400. The number of aromatic nitrogens is 1. The Morgan fingerprint density at radius 1 is 0.921 bits per heavy atom. The Hall–Kier alpha value is -2.59. The van der Waals surface area contributed by atoms with Gasteiger partial charge >= 0.3 is 4.87 Å². The number of hydrogen-bond donors (Lipinski definition) is 0. The zero-order valence-electron chi connectivity index (χ0n) is 20.1. The normalized spacial score (nSPS) is 22.9. The van der Waals surface area contributed by atoms with Crippen molar-refractivity contribution in [1.82, 2.24) is 9.47 Å². The molecule has 0 radical (unpaired) electrons. The molecule has 7 nitrogen and oxygen atoms in total. The van der Waals surface area contributed by atoms with Crippen LogP contribution >= 0.6 is 46.3 Å². The molecule has 3 aliphatic rings. The molecule has 0 aliphatic carbocycles. The Bertz CT molecular complexity index is 1500. The van der Waals surface area contributed by atoms with Crippen molar-refractivity contribution in [2.24, 2.45) is 5.92 Å². The van der Waals surface area contributed by atoms with Crippen LogP contribution in [0.5, 0.6) is 0 Å². The first-order chi connectivity index (χ1) is 18.4. The van der Waals surface area contributed by atoms with Gasteiger partial charge in [0.1, 0.15) is 11.8 Å². The number of rotatable bonds is 4. The summed E-state index contributed by atoms with van der Waals surface area (Å²) in [5.41, 5.74) is 1.08. The van der Waals surface area contributed by atoms with Gasteiger partial charge in [-0.25, -0.2) is 4.90 Å². The molecule has 2 fully saturated rings. The third-order valence-corrected chi connectivity index (χ3v) is 10.8. The molecule has 2 saturated heterocycles. The molecule has 4 heterocycles. The standard InChI is InChI=1S/C27H23Cl2N3O4S2/c28-17-11-7-10-16(21(17)29)19-20-22(25(35)32(24(20)34)15-8-3-1-4-9-15)37-26-23(19)38-27(36)31(26)14-18(33)30-12-5-2-6-13-30/h1,3-4,7-11,19-20,22H,2,5-6,12-14H2/t19-,20-,22+/m0/s1. The SMILES string of the molecule is O=C(Cn1c2c(sc1=O)[C@@H](c1cccc(Cl)c1Cl)[C@@H]1C(=O)N(c3ccccc3)C(=O)[C@@H]1S2)N1CCCCC1. The number of imide groups is 1. The zero-order valence-corrected chi connectivity index (χ0v) is 23.3. The number of nitrogens with zero attached hydrogens (tertiary/aromatic N) is 3. The molecule has 3 aliphatic heterocycles. The maximum Gasteiger partial charge on any atom is 0.308 e. The van der Waals surface area contributed by atoms with Crippen LogP contribution in [0.4, 0.5) is 5.69 Å². The van der Waals surface area contributed by atoms with Crippen molar-refractivity contribution < 1.29 is 14.4 Å². The largest absolute Gasteiger partial charge is 0.341 e. The minimum absolute atomic E-state index is 0.102. The van der Waals surface area contributed by atoms with Crippen LogP contribution < -0.4 is 9.77 Å². The van der Waals surface area contributed by atoms with Gasteiger partial charge in [0.05, 0.1) is 26.7 Å². The van der Waals surface area contributed by atoms with E-state index in [-0.39, 0.29) is 34.2 Å². The number of benzene rings is 2. The lowest BCUT2D eigenvalue weighted by Crippen LogP contribution is -2.39. The number of likely N-dealkylation sites (tertiary alicyclic amines) is 1. The Morgan fingerprint density at radius 3 is 2.39 bits per heavy atom. The molecule has 2 aromatic carbocycles. The Labute approximate surface area is 237 Å². The Morgan fingerprint density at radius 2 is 1.66 bits per heavy atom. The van der Waals surface area contributed by atoms with Crippen molar-refractivity contribution in [3.8, 4) is 0 Å². The number of carbonyl (C=O) groups excluding carboxylic acids is 3. The number of para-hydroxylation sites is 1. The molecule has 3 amide bonds. The van der Waals surface area contributed by atoms with Gasteiger partial charge in [-0.15, -0.1) is 0 Å². The molecule has 1 aromatic heterocycles. The number of amides is 3. The molecule has 0 N–H and O–H groups in total. The smallest absolute Gasteiger partial charge is 0.308 e. The molecule has 38 heavy (non-hydrogen) atoms. The lowest BCUT2D eigenvalue weighted by atomic mass is 9.83. The number of thiazole rings is 1. The average molecular weight is 589 g/mol. The van der Waals surface area contributed by atoms with E-state index in [2.05, 4.69) is 0 Å². The van der Waals surface area contributed by atoms with Crippen molar-refractivity contribution in [3.63, 3.8) is 0 Å². The molecule has 0 unspecified atom stereocenters. The van der Waals surface area contributed by atoms with Crippen molar-refractivity contribution >= 4 is 69.7 Å². The van der Waals surface area contributed by atoms with Crippen LogP contribution in [0.3, 0.4) is 0 Å². The monoisotopic (exact) mass is 587 g/mol. The van der Waals surface area contributed by atoms with Crippen LogP contribution in [0.25, 0.3) is 0 Å². The molecule has 196 valence electrons. The fraction of sp³-hybridized carbons (Fsp3) is 0.333. The highest BCUT2D eigenvalue weighted by atomic mass is 35.5. The van der Waals surface area contributed by atoms with Gasteiger partial charge in [0, 0.05) is 23.9 Å². The highest BCUT2D eigenvalue weighted by molar-refractivity contribution is 8.00. The van der Waals surface area contributed by atoms with Gasteiger partial charge in [0.25, 0.3) is 0 Å². The molecular formula is C27H23Cl2N3O4S2. The predicted octanol–water partition coefficient (Wildman–Crippen LogP) is 5.02. The molecule has 11 heteroatoms. The lowest BCUT2D eigenvalue weighted by Gasteiger charge is -2.31. The predicted molar refractivity (Wildman–Crippen MR) is 149 cm³/mol. The van der Waals surface area contributed by atoms with E-state index in [0.29, 0.717) is 39.3 Å². The van der Waals surface area contributed by atoms with Crippen molar-refractivity contribution in [2.45, 2.75) is 42.0 Å². The van der Waals surface area contributed by atoms with E-state index in [4.69, 9.17) is 23.2 Å². The zero-order chi connectivity index (χ0) is 26.6. The second-order valence-corrected chi connectivity index (χ2v) is 12.5.